The van der Waals surface area contributed by atoms with Gasteiger partial charge in [-0.25, -0.2) is 5.01 Å². The van der Waals surface area contributed by atoms with Gasteiger partial charge in [-0.05, 0) is 23.1 Å². The quantitative estimate of drug-likeness (QED) is 0.812. The molecule has 0 bridgehead atoms. The summed E-state index contributed by atoms with van der Waals surface area (Å²) in [5, 5.41) is 4.27. The molecule has 0 saturated carbocycles. The van der Waals surface area contributed by atoms with Crippen molar-refractivity contribution in [1.29, 1.82) is 0 Å². The number of benzene rings is 1. The maximum absolute atomic E-state index is 12.0. The molecule has 1 aromatic carbocycles. The van der Waals surface area contributed by atoms with Crippen molar-refractivity contribution in [3.8, 4) is 0 Å². The SMILES string of the molecule is CCN(C)NC(=O)CNC(=O)c1ccc(C(C)(C)C)cc1. The molecular weight excluding hydrogens is 266 g/mol. The monoisotopic (exact) mass is 291 g/mol. The summed E-state index contributed by atoms with van der Waals surface area (Å²) < 4.78 is 0. The Hall–Kier alpha value is -1.88. The first-order valence-electron chi connectivity index (χ1n) is 7.13. The third-order valence-electron chi connectivity index (χ3n) is 3.21. The van der Waals surface area contributed by atoms with Crippen molar-refractivity contribution in [2.45, 2.75) is 33.1 Å². The number of carbonyl (C=O) groups excluding carboxylic acids is 2. The maximum atomic E-state index is 12.0. The number of amides is 2. The highest BCUT2D eigenvalue weighted by Crippen LogP contribution is 2.22. The molecule has 0 aliphatic heterocycles. The number of hydrazine groups is 1. The molecule has 21 heavy (non-hydrogen) atoms. The Morgan fingerprint density at radius 3 is 2.19 bits per heavy atom. The van der Waals surface area contributed by atoms with Crippen LogP contribution in [0, 0.1) is 0 Å². The molecule has 116 valence electrons. The number of hydrogen-bond donors (Lipinski definition) is 2. The second-order valence-electron chi connectivity index (χ2n) is 6.06. The van der Waals surface area contributed by atoms with Gasteiger partial charge in [0.15, 0.2) is 0 Å². The predicted molar refractivity (Wildman–Crippen MR) is 83.9 cm³/mol. The highest BCUT2D eigenvalue weighted by atomic mass is 16.2. The molecule has 0 fully saturated rings. The smallest absolute Gasteiger partial charge is 0.253 e. The lowest BCUT2D eigenvalue weighted by atomic mass is 9.87. The minimum atomic E-state index is -0.246. The Morgan fingerprint density at radius 1 is 1.14 bits per heavy atom. The largest absolute Gasteiger partial charge is 0.343 e. The number of nitrogens with one attached hydrogen (secondary N) is 2. The lowest BCUT2D eigenvalue weighted by molar-refractivity contribution is -0.124. The van der Waals surface area contributed by atoms with E-state index in [1.165, 1.54) is 5.56 Å². The lowest BCUT2D eigenvalue weighted by Gasteiger charge is -2.19. The van der Waals surface area contributed by atoms with Gasteiger partial charge in [-0.3, -0.25) is 15.0 Å². The van der Waals surface area contributed by atoms with E-state index >= 15 is 0 Å². The summed E-state index contributed by atoms with van der Waals surface area (Å²) in [7, 11) is 1.77. The lowest BCUT2D eigenvalue weighted by Crippen LogP contribution is -2.44. The molecule has 0 spiro atoms. The highest BCUT2D eigenvalue weighted by molar-refractivity contribution is 5.96. The molecule has 0 heterocycles. The molecule has 1 rings (SSSR count). The molecule has 0 aliphatic carbocycles. The average molecular weight is 291 g/mol. The van der Waals surface area contributed by atoms with E-state index in [-0.39, 0.29) is 23.8 Å². The summed E-state index contributed by atoms with van der Waals surface area (Å²) in [6.07, 6.45) is 0. The van der Waals surface area contributed by atoms with Gasteiger partial charge in [-0.15, -0.1) is 0 Å². The van der Waals surface area contributed by atoms with E-state index in [9.17, 15) is 9.59 Å². The number of carbonyl (C=O) groups is 2. The van der Waals surface area contributed by atoms with Crippen LogP contribution >= 0.6 is 0 Å². The summed E-state index contributed by atoms with van der Waals surface area (Å²) in [5.41, 5.74) is 4.42. The second kappa shape index (κ2) is 7.22. The van der Waals surface area contributed by atoms with Crippen LogP contribution in [0.25, 0.3) is 0 Å². The van der Waals surface area contributed by atoms with E-state index in [2.05, 4.69) is 31.5 Å². The minimum Gasteiger partial charge on any atom is -0.343 e. The fraction of sp³-hybridized carbons (Fsp3) is 0.500. The molecule has 0 atom stereocenters. The molecular formula is C16H25N3O2. The van der Waals surface area contributed by atoms with Crippen molar-refractivity contribution in [2.24, 2.45) is 0 Å². The summed E-state index contributed by atoms with van der Waals surface area (Å²) in [5.74, 6) is -0.483. The van der Waals surface area contributed by atoms with Crippen molar-refractivity contribution in [3.63, 3.8) is 0 Å². The van der Waals surface area contributed by atoms with Gasteiger partial charge < -0.3 is 5.32 Å². The van der Waals surface area contributed by atoms with Crippen LogP contribution in [-0.4, -0.2) is 37.0 Å². The van der Waals surface area contributed by atoms with Crippen molar-refractivity contribution in [2.75, 3.05) is 20.1 Å². The summed E-state index contributed by atoms with van der Waals surface area (Å²) in [6.45, 7) is 8.96. The van der Waals surface area contributed by atoms with Crippen LogP contribution in [0.15, 0.2) is 24.3 Å². The Kier molecular flexibility index (Phi) is 5.90. The maximum Gasteiger partial charge on any atom is 0.253 e. The van der Waals surface area contributed by atoms with Crippen molar-refractivity contribution in [3.05, 3.63) is 35.4 Å². The zero-order valence-electron chi connectivity index (χ0n) is 13.5. The van der Waals surface area contributed by atoms with Gasteiger partial charge in [-0.2, -0.15) is 0 Å². The molecule has 0 radical (unpaired) electrons. The Labute approximate surface area is 126 Å². The van der Waals surface area contributed by atoms with E-state index in [0.29, 0.717) is 12.1 Å². The predicted octanol–water partition coefficient (Wildman–Crippen LogP) is 1.70. The first-order valence-corrected chi connectivity index (χ1v) is 7.13. The zero-order valence-corrected chi connectivity index (χ0v) is 13.5. The van der Waals surface area contributed by atoms with Crippen molar-refractivity contribution < 1.29 is 9.59 Å². The van der Waals surface area contributed by atoms with Gasteiger partial charge in [0.25, 0.3) is 11.8 Å². The standard InChI is InChI=1S/C16H25N3O2/c1-6-19(5)18-14(20)11-17-15(21)12-7-9-13(10-8-12)16(2,3)4/h7-10H,6,11H2,1-5H3,(H,17,21)(H,18,20). The number of hydrogen-bond acceptors (Lipinski definition) is 3. The molecule has 0 aromatic heterocycles. The molecule has 2 N–H and O–H groups in total. The van der Waals surface area contributed by atoms with Crippen LogP contribution in [0.4, 0.5) is 0 Å². The third kappa shape index (κ3) is 5.55. The summed E-state index contributed by atoms with van der Waals surface area (Å²) >= 11 is 0. The van der Waals surface area contributed by atoms with Gasteiger partial charge in [0.05, 0.1) is 6.54 Å². The Bertz CT molecular complexity index is 489. The van der Waals surface area contributed by atoms with Gasteiger partial charge in [-0.1, -0.05) is 39.8 Å². The van der Waals surface area contributed by atoms with E-state index < -0.39 is 0 Å². The minimum absolute atomic E-state index is 0.0375. The van der Waals surface area contributed by atoms with Crippen LogP contribution in [-0.2, 0) is 10.2 Å². The third-order valence-corrected chi connectivity index (χ3v) is 3.21. The van der Waals surface area contributed by atoms with E-state index in [0.717, 1.165) is 0 Å². The molecule has 0 saturated heterocycles. The van der Waals surface area contributed by atoms with E-state index in [1.807, 2.05) is 19.1 Å². The van der Waals surface area contributed by atoms with E-state index in [4.69, 9.17) is 0 Å². The fourth-order valence-corrected chi connectivity index (χ4v) is 1.72. The van der Waals surface area contributed by atoms with Crippen LogP contribution in [0.2, 0.25) is 0 Å². The van der Waals surface area contributed by atoms with Crippen LogP contribution in [0.1, 0.15) is 43.6 Å². The molecule has 5 nitrogen and oxygen atoms in total. The second-order valence-corrected chi connectivity index (χ2v) is 6.06. The van der Waals surface area contributed by atoms with Crippen LogP contribution in [0.3, 0.4) is 0 Å². The van der Waals surface area contributed by atoms with Crippen LogP contribution in [0.5, 0.6) is 0 Å². The molecule has 0 unspecified atom stereocenters. The molecule has 0 aliphatic rings. The average Bonchev–Trinajstić information content (AvgIpc) is 2.43. The van der Waals surface area contributed by atoms with Gasteiger partial charge >= 0.3 is 0 Å². The first-order chi connectivity index (χ1) is 9.74. The summed E-state index contributed by atoms with van der Waals surface area (Å²) in [4.78, 5) is 23.5. The normalized spacial score (nSPS) is 11.3. The first kappa shape index (κ1) is 17.2. The topological polar surface area (TPSA) is 61.4 Å². The molecule has 1 aromatic rings. The fourth-order valence-electron chi connectivity index (χ4n) is 1.72. The summed E-state index contributed by atoms with van der Waals surface area (Å²) in [6, 6.07) is 7.46. The van der Waals surface area contributed by atoms with Crippen LogP contribution < -0.4 is 10.7 Å². The molecule has 2 amide bonds. The van der Waals surface area contributed by atoms with Gasteiger partial charge in [0.2, 0.25) is 0 Å². The number of rotatable bonds is 5. The Morgan fingerprint density at radius 2 is 1.71 bits per heavy atom. The Balaban J connectivity index is 2.55. The molecule has 5 heteroatoms. The van der Waals surface area contributed by atoms with Gasteiger partial charge in [0, 0.05) is 19.2 Å². The van der Waals surface area contributed by atoms with Crippen molar-refractivity contribution >= 4 is 11.8 Å². The van der Waals surface area contributed by atoms with Crippen molar-refractivity contribution in [1.82, 2.24) is 15.8 Å². The highest BCUT2D eigenvalue weighted by Gasteiger charge is 2.14. The van der Waals surface area contributed by atoms with E-state index in [1.54, 1.807) is 24.2 Å². The van der Waals surface area contributed by atoms with Gasteiger partial charge in [0.1, 0.15) is 0 Å². The zero-order chi connectivity index (χ0) is 16.0. The number of nitrogens with zero attached hydrogens (tertiary/aromatic N) is 1.